The number of nitrogens with zero attached hydrogens (tertiary/aromatic N) is 1. The van der Waals surface area contributed by atoms with Gasteiger partial charge in [-0.05, 0) is 12.0 Å². The Morgan fingerprint density at radius 3 is 2.33 bits per heavy atom. The van der Waals surface area contributed by atoms with Gasteiger partial charge in [0.05, 0.1) is 6.26 Å². The third-order valence-electron chi connectivity index (χ3n) is 3.25. The van der Waals surface area contributed by atoms with Crippen molar-refractivity contribution in [1.29, 1.82) is 0 Å². The lowest BCUT2D eigenvalue weighted by Gasteiger charge is -2.32. The Morgan fingerprint density at radius 1 is 1.33 bits per heavy atom. The molecule has 0 spiro atoms. The molecule has 1 fully saturated rings. The Kier molecular flexibility index (Phi) is 7.18. The highest BCUT2D eigenvalue weighted by atomic mass is 32.2. The molecular formula is C14H19F3N2O4S. The number of hydrogen-bond donors (Lipinski definition) is 2. The summed E-state index contributed by atoms with van der Waals surface area (Å²) in [6, 6.07) is 10.3. The second kappa shape index (κ2) is 8.45. The number of piperazine rings is 1. The summed E-state index contributed by atoms with van der Waals surface area (Å²) in [5, 5.41) is 10.5. The van der Waals surface area contributed by atoms with Gasteiger partial charge < -0.3 is 10.4 Å². The molecule has 1 aliphatic rings. The van der Waals surface area contributed by atoms with Crippen LogP contribution in [0.5, 0.6) is 0 Å². The molecule has 0 radical (unpaired) electrons. The first-order valence-corrected chi connectivity index (χ1v) is 8.87. The third-order valence-corrected chi connectivity index (χ3v) is 4.52. The third kappa shape index (κ3) is 7.28. The molecule has 0 unspecified atom stereocenters. The molecule has 1 aliphatic heterocycles. The lowest BCUT2D eigenvalue weighted by Crippen LogP contribution is -2.53. The molecule has 0 aliphatic carbocycles. The summed E-state index contributed by atoms with van der Waals surface area (Å²) in [5.74, 6) is -2.76. The predicted octanol–water partition coefficient (Wildman–Crippen LogP) is 1.10. The molecule has 2 rings (SSSR count). The number of carboxylic acids is 1. The van der Waals surface area contributed by atoms with E-state index >= 15 is 0 Å². The van der Waals surface area contributed by atoms with Gasteiger partial charge in [0.25, 0.3) is 0 Å². The van der Waals surface area contributed by atoms with E-state index in [1.807, 2.05) is 18.2 Å². The van der Waals surface area contributed by atoms with Gasteiger partial charge in [0.15, 0.2) is 0 Å². The zero-order chi connectivity index (χ0) is 18.4. The van der Waals surface area contributed by atoms with E-state index in [1.54, 1.807) is 4.31 Å². The van der Waals surface area contributed by atoms with Gasteiger partial charge in [0, 0.05) is 25.7 Å². The van der Waals surface area contributed by atoms with Crippen LogP contribution in [0, 0.1) is 0 Å². The Bertz CT molecular complexity index is 635. The summed E-state index contributed by atoms with van der Waals surface area (Å²) in [7, 11) is -3.06. The second-order valence-electron chi connectivity index (χ2n) is 5.26. The highest BCUT2D eigenvalue weighted by molar-refractivity contribution is 7.88. The predicted molar refractivity (Wildman–Crippen MR) is 82.0 cm³/mol. The molecular weight excluding hydrogens is 349 g/mol. The van der Waals surface area contributed by atoms with E-state index in [1.165, 1.54) is 11.8 Å². The highest BCUT2D eigenvalue weighted by Crippen LogP contribution is 2.13. The summed E-state index contributed by atoms with van der Waals surface area (Å²) >= 11 is 0. The number of halogens is 3. The standard InChI is InChI=1S/C12H18N2O2S.C2HF3O2/c1-17(15,16)14-8-7-13-12(10-14)9-11-5-3-2-4-6-11;3-2(4,5)1(6)7/h2-6,12-13H,7-10H2,1H3;(H,6,7)/t12-;/m1./s1. The smallest absolute Gasteiger partial charge is 0.475 e. The molecule has 1 aromatic rings. The quantitative estimate of drug-likeness (QED) is 0.834. The lowest BCUT2D eigenvalue weighted by molar-refractivity contribution is -0.192. The summed E-state index contributed by atoms with van der Waals surface area (Å²) < 4.78 is 56.3. The molecule has 0 aromatic heterocycles. The van der Waals surface area contributed by atoms with Crippen molar-refractivity contribution in [3.8, 4) is 0 Å². The number of carboxylic acid groups (broad SMARTS) is 1. The van der Waals surface area contributed by atoms with Crippen molar-refractivity contribution in [1.82, 2.24) is 9.62 Å². The Labute approximate surface area is 138 Å². The molecule has 1 heterocycles. The van der Waals surface area contributed by atoms with Crippen molar-refractivity contribution in [3.05, 3.63) is 35.9 Å². The fourth-order valence-electron chi connectivity index (χ4n) is 2.13. The number of alkyl halides is 3. The zero-order valence-electron chi connectivity index (χ0n) is 13.0. The van der Waals surface area contributed by atoms with Crippen LogP contribution in [0.2, 0.25) is 0 Å². The molecule has 1 aromatic carbocycles. The highest BCUT2D eigenvalue weighted by Gasteiger charge is 2.38. The number of hydrogen-bond acceptors (Lipinski definition) is 4. The molecule has 0 amide bonds. The van der Waals surface area contributed by atoms with Crippen molar-refractivity contribution < 1.29 is 31.5 Å². The average molecular weight is 368 g/mol. The van der Waals surface area contributed by atoms with Gasteiger partial charge >= 0.3 is 12.1 Å². The van der Waals surface area contributed by atoms with E-state index in [4.69, 9.17) is 9.90 Å². The first kappa shape index (κ1) is 20.4. The molecule has 10 heteroatoms. The second-order valence-corrected chi connectivity index (χ2v) is 7.25. The van der Waals surface area contributed by atoms with Gasteiger partial charge in [-0.1, -0.05) is 30.3 Å². The van der Waals surface area contributed by atoms with Crippen molar-refractivity contribution in [2.75, 3.05) is 25.9 Å². The van der Waals surface area contributed by atoms with Crippen LogP contribution in [0.25, 0.3) is 0 Å². The fourth-order valence-corrected chi connectivity index (χ4v) is 3.01. The van der Waals surface area contributed by atoms with Crippen LogP contribution in [-0.4, -0.2) is 61.9 Å². The van der Waals surface area contributed by atoms with Crippen LogP contribution >= 0.6 is 0 Å². The van der Waals surface area contributed by atoms with Gasteiger partial charge in [0.2, 0.25) is 10.0 Å². The maximum absolute atomic E-state index is 11.5. The van der Waals surface area contributed by atoms with Gasteiger partial charge in [-0.25, -0.2) is 13.2 Å². The van der Waals surface area contributed by atoms with E-state index < -0.39 is 22.2 Å². The summed E-state index contributed by atoms with van der Waals surface area (Å²) in [4.78, 5) is 8.90. The summed E-state index contributed by atoms with van der Waals surface area (Å²) in [5.41, 5.74) is 1.24. The molecule has 0 bridgehead atoms. The van der Waals surface area contributed by atoms with Gasteiger partial charge in [-0.15, -0.1) is 0 Å². The Morgan fingerprint density at radius 2 is 1.88 bits per heavy atom. The van der Waals surface area contributed by atoms with Crippen molar-refractivity contribution >= 4 is 16.0 Å². The van der Waals surface area contributed by atoms with E-state index in [9.17, 15) is 21.6 Å². The number of benzene rings is 1. The topological polar surface area (TPSA) is 86.7 Å². The van der Waals surface area contributed by atoms with Crippen molar-refractivity contribution in [3.63, 3.8) is 0 Å². The molecule has 1 atom stereocenters. The maximum atomic E-state index is 11.5. The monoisotopic (exact) mass is 368 g/mol. The van der Waals surface area contributed by atoms with Crippen molar-refractivity contribution in [2.45, 2.75) is 18.6 Å². The summed E-state index contributed by atoms with van der Waals surface area (Å²) in [6.07, 6.45) is -2.94. The minimum Gasteiger partial charge on any atom is -0.475 e. The first-order chi connectivity index (χ1) is 11.0. The largest absolute Gasteiger partial charge is 0.490 e. The minimum atomic E-state index is -5.08. The Balaban J connectivity index is 0.000000351. The molecule has 2 N–H and O–H groups in total. The fraction of sp³-hybridized carbons (Fsp3) is 0.500. The molecule has 1 saturated heterocycles. The zero-order valence-corrected chi connectivity index (χ0v) is 13.8. The van der Waals surface area contributed by atoms with Crippen LogP contribution in [-0.2, 0) is 21.2 Å². The van der Waals surface area contributed by atoms with E-state index in [2.05, 4.69) is 17.4 Å². The first-order valence-electron chi connectivity index (χ1n) is 7.02. The summed E-state index contributed by atoms with van der Waals surface area (Å²) in [6.45, 7) is 1.86. The SMILES string of the molecule is CS(=O)(=O)N1CCN[C@H](Cc2ccccc2)C1.O=C(O)C(F)(F)F. The Hall–Kier alpha value is -1.65. The van der Waals surface area contributed by atoms with Gasteiger partial charge in [-0.2, -0.15) is 17.5 Å². The van der Waals surface area contributed by atoms with E-state index in [0.717, 1.165) is 13.0 Å². The lowest BCUT2D eigenvalue weighted by atomic mass is 10.1. The van der Waals surface area contributed by atoms with E-state index in [-0.39, 0.29) is 6.04 Å². The van der Waals surface area contributed by atoms with Gasteiger partial charge in [0.1, 0.15) is 0 Å². The molecule has 24 heavy (non-hydrogen) atoms. The number of carbonyl (C=O) groups is 1. The maximum Gasteiger partial charge on any atom is 0.490 e. The van der Waals surface area contributed by atoms with Crippen LogP contribution in [0.3, 0.4) is 0 Å². The number of rotatable bonds is 3. The molecule has 136 valence electrons. The minimum absolute atomic E-state index is 0.209. The van der Waals surface area contributed by atoms with Gasteiger partial charge in [-0.3, -0.25) is 0 Å². The number of nitrogens with one attached hydrogen (secondary N) is 1. The van der Waals surface area contributed by atoms with Crippen LogP contribution in [0.1, 0.15) is 5.56 Å². The molecule has 0 saturated carbocycles. The average Bonchev–Trinajstić information content (AvgIpc) is 2.47. The van der Waals surface area contributed by atoms with Crippen LogP contribution in [0.4, 0.5) is 13.2 Å². The van der Waals surface area contributed by atoms with Crippen LogP contribution in [0.15, 0.2) is 30.3 Å². The van der Waals surface area contributed by atoms with Crippen molar-refractivity contribution in [2.24, 2.45) is 0 Å². The molecule has 6 nitrogen and oxygen atoms in total. The normalized spacial score (nSPS) is 19.2. The number of aliphatic carboxylic acids is 1. The number of sulfonamides is 1. The van der Waals surface area contributed by atoms with E-state index in [0.29, 0.717) is 13.1 Å². The van der Waals surface area contributed by atoms with Crippen LogP contribution < -0.4 is 5.32 Å².